The van der Waals surface area contributed by atoms with Crippen LogP contribution in [-0.2, 0) is 26.1 Å². The Bertz CT molecular complexity index is 662. The minimum absolute atomic E-state index is 0. The summed E-state index contributed by atoms with van der Waals surface area (Å²) in [6, 6.07) is 8.49. The predicted molar refractivity (Wildman–Crippen MR) is 102 cm³/mol. The molecule has 3 rings (SSSR count). The molecule has 7 heteroatoms. The van der Waals surface area contributed by atoms with Gasteiger partial charge in [-0.2, -0.15) is 0 Å². The zero-order valence-corrected chi connectivity index (χ0v) is 15.9. The lowest BCUT2D eigenvalue weighted by Gasteiger charge is -2.12. The lowest BCUT2D eigenvalue weighted by molar-refractivity contribution is 0.663. The van der Waals surface area contributed by atoms with Crippen LogP contribution >= 0.6 is 24.0 Å². The molecule has 0 fully saturated rings. The Balaban J connectivity index is 0.00000192. The summed E-state index contributed by atoms with van der Waals surface area (Å²) in [6.45, 7) is 4.50. The summed E-state index contributed by atoms with van der Waals surface area (Å²) < 4.78 is 2.19. The molecule has 23 heavy (non-hydrogen) atoms. The number of fused-ring (bicyclic) bond motifs is 1. The molecule has 0 amide bonds. The van der Waals surface area contributed by atoms with Gasteiger partial charge in [-0.25, -0.2) is 0 Å². The average Bonchev–Trinajstić information content (AvgIpc) is 3.13. The summed E-state index contributed by atoms with van der Waals surface area (Å²) in [6.07, 6.45) is 2.20. The van der Waals surface area contributed by atoms with E-state index in [1.54, 1.807) is 7.05 Å². The standard InChI is InChI=1S/C16H22N6.HI/c1-12-5-7-13(8-6-12)10-18-16(17-2)19-11-15-21-20-14-4-3-9-22(14)15;/h5-8H,3-4,9-11H2,1-2H3,(H2,17,18,19);1H. The maximum atomic E-state index is 4.25. The van der Waals surface area contributed by atoms with Gasteiger partial charge in [-0.15, -0.1) is 34.2 Å². The summed E-state index contributed by atoms with van der Waals surface area (Å²) in [7, 11) is 1.78. The number of nitrogens with one attached hydrogen (secondary N) is 2. The van der Waals surface area contributed by atoms with E-state index in [0.29, 0.717) is 6.54 Å². The van der Waals surface area contributed by atoms with Gasteiger partial charge in [0.05, 0.1) is 6.54 Å². The number of benzene rings is 1. The zero-order valence-electron chi connectivity index (χ0n) is 13.5. The van der Waals surface area contributed by atoms with Gasteiger partial charge < -0.3 is 15.2 Å². The highest BCUT2D eigenvalue weighted by atomic mass is 127. The first-order chi connectivity index (χ1) is 10.8. The third-order valence-electron chi connectivity index (χ3n) is 3.90. The van der Waals surface area contributed by atoms with Gasteiger partial charge in [-0.05, 0) is 18.9 Å². The molecule has 0 spiro atoms. The lowest BCUT2D eigenvalue weighted by atomic mass is 10.1. The van der Waals surface area contributed by atoms with Gasteiger partial charge in [-0.1, -0.05) is 29.8 Å². The average molecular weight is 426 g/mol. The number of aryl methyl sites for hydroxylation is 2. The number of rotatable bonds is 4. The Morgan fingerprint density at radius 2 is 1.91 bits per heavy atom. The normalized spacial score (nSPS) is 13.4. The van der Waals surface area contributed by atoms with E-state index < -0.39 is 0 Å². The molecule has 0 atom stereocenters. The van der Waals surface area contributed by atoms with Crippen molar-refractivity contribution in [2.45, 2.75) is 39.4 Å². The van der Waals surface area contributed by atoms with E-state index in [0.717, 1.165) is 43.5 Å². The number of guanidine groups is 1. The molecular formula is C16H23IN6. The van der Waals surface area contributed by atoms with Gasteiger partial charge in [0.1, 0.15) is 5.82 Å². The summed E-state index contributed by atoms with van der Waals surface area (Å²) >= 11 is 0. The molecule has 0 saturated heterocycles. The summed E-state index contributed by atoms with van der Waals surface area (Å²) in [5, 5.41) is 15.1. The number of aromatic nitrogens is 3. The fourth-order valence-corrected chi connectivity index (χ4v) is 2.62. The van der Waals surface area contributed by atoms with Crippen molar-refractivity contribution in [2.24, 2.45) is 4.99 Å². The van der Waals surface area contributed by atoms with E-state index in [4.69, 9.17) is 0 Å². The first kappa shape index (κ1) is 17.7. The Labute approximate surface area is 153 Å². The number of hydrogen-bond donors (Lipinski definition) is 2. The third kappa shape index (κ3) is 4.43. The van der Waals surface area contributed by atoms with E-state index in [1.165, 1.54) is 11.1 Å². The van der Waals surface area contributed by atoms with Crippen molar-refractivity contribution in [3.63, 3.8) is 0 Å². The van der Waals surface area contributed by atoms with Crippen molar-refractivity contribution >= 4 is 29.9 Å². The Morgan fingerprint density at radius 3 is 2.65 bits per heavy atom. The molecule has 1 aromatic heterocycles. The molecule has 0 bridgehead atoms. The largest absolute Gasteiger partial charge is 0.352 e. The fraction of sp³-hybridized carbons (Fsp3) is 0.438. The highest BCUT2D eigenvalue weighted by molar-refractivity contribution is 14.0. The third-order valence-corrected chi connectivity index (χ3v) is 3.90. The monoisotopic (exact) mass is 426 g/mol. The van der Waals surface area contributed by atoms with Crippen molar-refractivity contribution in [1.29, 1.82) is 0 Å². The minimum atomic E-state index is 0. The van der Waals surface area contributed by atoms with E-state index in [9.17, 15) is 0 Å². The fourth-order valence-electron chi connectivity index (χ4n) is 2.62. The minimum Gasteiger partial charge on any atom is -0.352 e. The van der Waals surface area contributed by atoms with Gasteiger partial charge in [0.2, 0.25) is 0 Å². The van der Waals surface area contributed by atoms with Crippen LogP contribution in [0.2, 0.25) is 0 Å². The predicted octanol–water partition coefficient (Wildman–Crippen LogP) is 2.02. The van der Waals surface area contributed by atoms with Gasteiger partial charge in [-0.3, -0.25) is 4.99 Å². The maximum Gasteiger partial charge on any atom is 0.191 e. The molecule has 1 aromatic carbocycles. The number of hydrogen-bond acceptors (Lipinski definition) is 3. The maximum absolute atomic E-state index is 4.25. The van der Waals surface area contributed by atoms with Crippen molar-refractivity contribution in [2.75, 3.05) is 7.05 Å². The van der Waals surface area contributed by atoms with Crippen LogP contribution in [0.3, 0.4) is 0 Å². The van der Waals surface area contributed by atoms with Crippen LogP contribution < -0.4 is 10.6 Å². The SMILES string of the molecule is CN=C(NCc1ccc(C)cc1)NCc1nnc2n1CCC2.I. The Morgan fingerprint density at radius 1 is 1.17 bits per heavy atom. The highest BCUT2D eigenvalue weighted by Crippen LogP contribution is 2.13. The van der Waals surface area contributed by atoms with Crippen molar-refractivity contribution in [3.8, 4) is 0 Å². The molecule has 6 nitrogen and oxygen atoms in total. The Hall–Kier alpha value is -1.64. The van der Waals surface area contributed by atoms with E-state index >= 15 is 0 Å². The number of aliphatic imine (C=N–C) groups is 1. The molecule has 1 aliphatic heterocycles. The highest BCUT2D eigenvalue weighted by Gasteiger charge is 2.16. The van der Waals surface area contributed by atoms with Gasteiger partial charge in [0, 0.05) is 26.6 Å². The molecule has 124 valence electrons. The van der Waals surface area contributed by atoms with E-state index in [2.05, 4.69) is 61.6 Å². The van der Waals surface area contributed by atoms with Crippen molar-refractivity contribution in [1.82, 2.24) is 25.4 Å². The van der Waals surface area contributed by atoms with Crippen LogP contribution in [0.1, 0.15) is 29.2 Å². The summed E-state index contributed by atoms with van der Waals surface area (Å²) in [4.78, 5) is 4.25. The van der Waals surface area contributed by atoms with Crippen LogP contribution in [-0.4, -0.2) is 27.8 Å². The van der Waals surface area contributed by atoms with Crippen LogP contribution in [0.15, 0.2) is 29.3 Å². The molecule has 2 aromatic rings. The second-order valence-electron chi connectivity index (χ2n) is 5.55. The van der Waals surface area contributed by atoms with Crippen LogP contribution in [0.4, 0.5) is 0 Å². The molecule has 0 aliphatic carbocycles. The zero-order chi connectivity index (χ0) is 15.4. The molecule has 0 unspecified atom stereocenters. The molecule has 0 saturated carbocycles. The van der Waals surface area contributed by atoms with E-state index in [1.807, 2.05) is 0 Å². The lowest BCUT2D eigenvalue weighted by Crippen LogP contribution is -2.37. The van der Waals surface area contributed by atoms with E-state index in [-0.39, 0.29) is 24.0 Å². The Kier molecular flexibility index (Phi) is 6.37. The molecule has 0 radical (unpaired) electrons. The second kappa shape index (κ2) is 8.28. The molecule has 1 aliphatic rings. The molecular weight excluding hydrogens is 403 g/mol. The van der Waals surface area contributed by atoms with Crippen molar-refractivity contribution < 1.29 is 0 Å². The quantitative estimate of drug-likeness (QED) is 0.446. The van der Waals surface area contributed by atoms with Crippen LogP contribution in [0.25, 0.3) is 0 Å². The first-order valence-electron chi connectivity index (χ1n) is 7.67. The molecule has 2 heterocycles. The van der Waals surface area contributed by atoms with Crippen LogP contribution in [0, 0.1) is 6.92 Å². The number of halogens is 1. The van der Waals surface area contributed by atoms with Crippen LogP contribution in [0.5, 0.6) is 0 Å². The van der Waals surface area contributed by atoms with Gasteiger partial charge in [0.15, 0.2) is 11.8 Å². The molecule has 2 N–H and O–H groups in total. The van der Waals surface area contributed by atoms with Gasteiger partial charge in [0.25, 0.3) is 0 Å². The summed E-state index contributed by atoms with van der Waals surface area (Å²) in [5.41, 5.74) is 2.50. The second-order valence-corrected chi connectivity index (χ2v) is 5.55. The first-order valence-corrected chi connectivity index (χ1v) is 7.67. The number of nitrogens with zero attached hydrogens (tertiary/aromatic N) is 4. The topological polar surface area (TPSA) is 67.1 Å². The van der Waals surface area contributed by atoms with Gasteiger partial charge >= 0.3 is 0 Å². The summed E-state index contributed by atoms with van der Waals surface area (Å²) in [5.74, 6) is 2.85. The smallest absolute Gasteiger partial charge is 0.191 e. The van der Waals surface area contributed by atoms with Crippen molar-refractivity contribution in [3.05, 3.63) is 47.0 Å².